The minimum atomic E-state index is -7.99. The number of aryl methyl sites for hydroxylation is 1. The van der Waals surface area contributed by atoms with Gasteiger partial charge in [-0.15, -0.1) is 0 Å². The van der Waals surface area contributed by atoms with Crippen molar-refractivity contribution < 1.29 is 84.5 Å². The van der Waals surface area contributed by atoms with Crippen molar-refractivity contribution in [2.75, 3.05) is 19.8 Å². The standard InChI is InChI=1S/C29H30F16N2O3/c1-2-3-4-5-6-7-9-18-14-19(22-46-12-8-13-47-22)10-11-21(18)49-16-20(30)15-48-17-23(31,32)24(33,34)28(42,43)50-29(44,45)26(37,38)25(35,36)27(39,40)41/h8,10-14,20H,2-7,9,15-17H2,1H3. The Balaban J connectivity index is 2.07. The number of rotatable bonds is 21. The summed E-state index contributed by atoms with van der Waals surface area (Å²) in [5.41, 5.74) is 1.10. The lowest BCUT2D eigenvalue weighted by molar-refractivity contribution is -0.513. The topological polar surface area (TPSA) is 53.5 Å². The molecule has 0 spiro atoms. The molecule has 2 aromatic rings. The Morgan fingerprint density at radius 3 is 1.82 bits per heavy atom. The summed E-state index contributed by atoms with van der Waals surface area (Å²) in [4.78, 5) is 8.23. The van der Waals surface area contributed by atoms with E-state index in [1.165, 1.54) is 24.5 Å². The van der Waals surface area contributed by atoms with Gasteiger partial charge in [-0.1, -0.05) is 39.0 Å². The van der Waals surface area contributed by atoms with Crippen LogP contribution in [-0.4, -0.2) is 78.0 Å². The van der Waals surface area contributed by atoms with Crippen molar-refractivity contribution in [1.29, 1.82) is 0 Å². The van der Waals surface area contributed by atoms with Gasteiger partial charge in [-0.25, -0.2) is 19.1 Å². The minimum Gasteiger partial charge on any atom is -0.490 e. The zero-order valence-electron chi connectivity index (χ0n) is 25.8. The van der Waals surface area contributed by atoms with Gasteiger partial charge >= 0.3 is 42.1 Å². The van der Waals surface area contributed by atoms with Crippen LogP contribution >= 0.6 is 0 Å². The van der Waals surface area contributed by atoms with Crippen LogP contribution in [0.4, 0.5) is 70.2 Å². The molecule has 1 aromatic heterocycles. The molecule has 1 atom stereocenters. The van der Waals surface area contributed by atoms with Crippen molar-refractivity contribution in [3.8, 4) is 17.1 Å². The third kappa shape index (κ3) is 10.0. The molecule has 0 saturated carbocycles. The first-order chi connectivity index (χ1) is 22.8. The van der Waals surface area contributed by atoms with Crippen LogP contribution in [0.2, 0.25) is 0 Å². The molecule has 0 fully saturated rings. The van der Waals surface area contributed by atoms with Gasteiger partial charge in [0.05, 0.1) is 6.61 Å². The van der Waals surface area contributed by atoms with Crippen molar-refractivity contribution in [1.82, 2.24) is 9.97 Å². The quantitative estimate of drug-likeness (QED) is 0.0938. The summed E-state index contributed by atoms with van der Waals surface area (Å²) in [6.07, 6.45) is -16.4. The summed E-state index contributed by atoms with van der Waals surface area (Å²) in [6.45, 7) is -3.45. The third-order valence-corrected chi connectivity index (χ3v) is 6.88. The Labute approximate surface area is 274 Å². The molecule has 0 aliphatic rings. The molecule has 0 aliphatic carbocycles. The maximum Gasteiger partial charge on any atom is 0.460 e. The average Bonchev–Trinajstić information content (AvgIpc) is 3.01. The molecule has 286 valence electrons. The van der Waals surface area contributed by atoms with Gasteiger partial charge in [0, 0.05) is 18.0 Å². The second kappa shape index (κ2) is 16.5. The molecule has 1 aromatic carbocycles. The minimum absolute atomic E-state index is 0.100. The summed E-state index contributed by atoms with van der Waals surface area (Å²) in [5, 5.41) is 0. The highest BCUT2D eigenvalue weighted by Crippen LogP contribution is 2.57. The average molecular weight is 759 g/mol. The molecule has 0 radical (unpaired) electrons. The van der Waals surface area contributed by atoms with E-state index < -0.39 is 68.1 Å². The lowest BCUT2D eigenvalue weighted by Gasteiger charge is -2.37. The van der Waals surface area contributed by atoms with Gasteiger partial charge in [0.25, 0.3) is 0 Å². The SMILES string of the molecule is CCCCCCCCc1cc(-c2ncccn2)ccc1OCC(F)COCC(F)(F)C(F)(F)C(F)(F)OC(F)(F)C(F)(F)C(F)(F)C(F)(F)F. The molecule has 0 aliphatic heterocycles. The van der Waals surface area contributed by atoms with Crippen molar-refractivity contribution in [3.05, 3.63) is 42.2 Å². The van der Waals surface area contributed by atoms with E-state index in [9.17, 15) is 70.2 Å². The van der Waals surface area contributed by atoms with E-state index in [0.717, 1.165) is 32.1 Å². The zero-order chi connectivity index (χ0) is 38.2. The smallest absolute Gasteiger partial charge is 0.460 e. The fourth-order valence-electron chi connectivity index (χ4n) is 4.10. The first-order valence-electron chi connectivity index (χ1n) is 14.6. The number of halogens is 16. The monoisotopic (exact) mass is 758 g/mol. The van der Waals surface area contributed by atoms with E-state index in [1.54, 1.807) is 16.9 Å². The van der Waals surface area contributed by atoms with Crippen LogP contribution in [-0.2, 0) is 15.9 Å². The van der Waals surface area contributed by atoms with Crippen molar-refractivity contribution >= 4 is 0 Å². The molecular formula is C29H30F16N2O3. The van der Waals surface area contributed by atoms with Gasteiger partial charge < -0.3 is 9.47 Å². The van der Waals surface area contributed by atoms with Crippen molar-refractivity contribution in [2.24, 2.45) is 0 Å². The maximum atomic E-state index is 14.4. The molecule has 0 N–H and O–H groups in total. The fraction of sp³-hybridized carbons (Fsp3) is 0.655. The lowest BCUT2D eigenvalue weighted by atomic mass is 10.0. The van der Waals surface area contributed by atoms with E-state index in [1.807, 2.05) is 6.92 Å². The van der Waals surface area contributed by atoms with Gasteiger partial charge in [-0.05, 0) is 42.7 Å². The zero-order valence-corrected chi connectivity index (χ0v) is 25.8. The second-order valence-corrected chi connectivity index (χ2v) is 10.9. The predicted octanol–water partition coefficient (Wildman–Crippen LogP) is 10.1. The van der Waals surface area contributed by atoms with Crippen molar-refractivity contribution in [2.45, 2.75) is 100 Å². The first kappa shape index (κ1) is 43.1. The highest BCUT2D eigenvalue weighted by atomic mass is 19.4. The summed E-state index contributed by atoms with van der Waals surface area (Å²) in [6, 6.07) is 6.14. The Morgan fingerprint density at radius 2 is 1.24 bits per heavy atom. The normalized spacial score (nSPS) is 14.6. The number of benzene rings is 1. The van der Waals surface area contributed by atoms with Crippen LogP contribution in [0.15, 0.2) is 36.7 Å². The van der Waals surface area contributed by atoms with Gasteiger partial charge in [-0.3, -0.25) is 0 Å². The van der Waals surface area contributed by atoms with Crippen LogP contribution in [0.3, 0.4) is 0 Å². The Kier molecular flexibility index (Phi) is 14.2. The highest BCUT2D eigenvalue weighted by Gasteiger charge is 2.86. The molecule has 50 heavy (non-hydrogen) atoms. The number of hydrogen-bond donors (Lipinski definition) is 0. The molecule has 21 heteroatoms. The number of ether oxygens (including phenoxy) is 3. The summed E-state index contributed by atoms with van der Waals surface area (Å²) >= 11 is 0. The van der Waals surface area contributed by atoms with Gasteiger partial charge in [0.15, 0.2) is 12.0 Å². The van der Waals surface area contributed by atoms with Crippen LogP contribution in [0.5, 0.6) is 5.75 Å². The molecule has 0 saturated heterocycles. The van der Waals surface area contributed by atoms with E-state index in [-0.39, 0.29) is 5.75 Å². The Morgan fingerprint density at radius 1 is 0.680 bits per heavy atom. The number of alkyl halides is 16. The summed E-state index contributed by atoms with van der Waals surface area (Å²) < 4.78 is 224. The predicted molar refractivity (Wildman–Crippen MR) is 143 cm³/mol. The van der Waals surface area contributed by atoms with Crippen LogP contribution in [0.1, 0.15) is 51.0 Å². The molecule has 1 unspecified atom stereocenters. The third-order valence-electron chi connectivity index (χ3n) is 6.88. The molecular weight excluding hydrogens is 728 g/mol. The number of unbranched alkanes of at least 4 members (excludes halogenated alkanes) is 5. The van der Waals surface area contributed by atoms with E-state index in [0.29, 0.717) is 29.8 Å². The molecule has 0 amide bonds. The number of hydrogen-bond acceptors (Lipinski definition) is 5. The van der Waals surface area contributed by atoms with Crippen LogP contribution in [0, 0.1) is 0 Å². The van der Waals surface area contributed by atoms with Gasteiger partial charge in [0.1, 0.15) is 19.0 Å². The molecule has 1 heterocycles. The Bertz CT molecular complexity index is 1340. The van der Waals surface area contributed by atoms with Gasteiger partial charge in [-0.2, -0.15) is 65.9 Å². The Hall–Kier alpha value is -3.10. The lowest BCUT2D eigenvalue weighted by Crippen LogP contribution is -2.66. The highest BCUT2D eigenvalue weighted by molar-refractivity contribution is 5.58. The molecule has 2 rings (SSSR count). The number of aromatic nitrogens is 2. The van der Waals surface area contributed by atoms with E-state index in [4.69, 9.17) is 4.74 Å². The number of nitrogens with zero attached hydrogens (tertiary/aromatic N) is 2. The summed E-state index contributed by atoms with van der Waals surface area (Å²) in [7, 11) is 0. The van der Waals surface area contributed by atoms with E-state index in [2.05, 4.69) is 14.7 Å². The van der Waals surface area contributed by atoms with Crippen molar-refractivity contribution in [3.63, 3.8) is 0 Å². The summed E-state index contributed by atoms with van der Waals surface area (Å²) in [5.74, 6) is -29.1. The maximum absolute atomic E-state index is 14.4. The van der Waals surface area contributed by atoms with E-state index >= 15 is 0 Å². The second-order valence-electron chi connectivity index (χ2n) is 10.9. The first-order valence-corrected chi connectivity index (χ1v) is 14.6. The van der Waals surface area contributed by atoms with Crippen LogP contribution in [0.25, 0.3) is 11.4 Å². The largest absolute Gasteiger partial charge is 0.490 e. The molecule has 5 nitrogen and oxygen atoms in total. The fourth-order valence-corrected chi connectivity index (χ4v) is 4.10. The van der Waals surface area contributed by atoms with Crippen LogP contribution < -0.4 is 4.74 Å². The van der Waals surface area contributed by atoms with Gasteiger partial charge in [0.2, 0.25) is 0 Å². The molecule has 0 bridgehead atoms.